The molecule has 0 aliphatic rings. The van der Waals surface area contributed by atoms with Crippen LogP contribution in [0.15, 0.2) is 36.4 Å². The van der Waals surface area contributed by atoms with Gasteiger partial charge in [0.15, 0.2) is 0 Å². The molecular weight excluding hydrogens is 243 g/mol. The van der Waals surface area contributed by atoms with E-state index >= 15 is 0 Å². The molecule has 0 saturated carbocycles. The molecule has 2 rings (SSSR count). The van der Waals surface area contributed by atoms with Gasteiger partial charge in [-0.25, -0.2) is 4.39 Å². The fourth-order valence-corrected chi connectivity index (χ4v) is 1.58. The molecule has 0 saturated heterocycles. The summed E-state index contributed by atoms with van der Waals surface area (Å²) < 4.78 is 13.7. The van der Waals surface area contributed by atoms with Gasteiger partial charge in [-0.1, -0.05) is 0 Å². The number of nitrogen functional groups attached to an aromatic ring is 1. The van der Waals surface area contributed by atoms with E-state index < -0.39 is 5.82 Å². The molecular formula is C14H9FN4. The zero-order valence-electron chi connectivity index (χ0n) is 9.81. The molecule has 0 fully saturated rings. The van der Waals surface area contributed by atoms with Crippen molar-refractivity contribution in [1.82, 2.24) is 0 Å². The molecule has 2 aromatic carbocycles. The van der Waals surface area contributed by atoms with Crippen molar-refractivity contribution < 1.29 is 4.39 Å². The molecule has 0 radical (unpaired) electrons. The van der Waals surface area contributed by atoms with Crippen molar-refractivity contribution >= 4 is 17.1 Å². The van der Waals surface area contributed by atoms with E-state index in [1.165, 1.54) is 12.1 Å². The summed E-state index contributed by atoms with van der Waals surface area (Å²) in [5, 5.41) is 20.3. The number of halogens is 1. The first-order chi connectivity index (χ1) is 9.13. The van der Waals surface area contributed by atoms with E-state index in [0.29, 0.717) is 16.9 Å². The average Bonchev–Trinajstić information content (AvgIpc) is 2.41. The van der Waals surface area contributed by atoms with Crippen LogP contribution >= 0.6 is 0 Å². The number of hydrogen-bond acceptors (Lipinski definition) is 4. The molecule has 0 atom stereocenters. The molecule has 19 heavy (non-hydrogen) atoms. The van der Waals surface area contributed by atoms with Gasteiger partial charge in [-0.15, -0.1) is 0 Å². The van der Waals surface area contributed by atoms with Gasteiger partial charge in [0, 0.05) is 5.69 Å². The first-order valence-electron chi connectivity index (χ1n) is 5.40. The van der Waals surface area contributed by atoms with Crippen LogP contribution in [0.1, 0.15) is 11.1 Å². The van der Waals surface area contributed by atoms with E-state index in [2.05, 4.69) is 5.32 Å². The van der Waals surface area contributed by atoms with Crippen LogP contribution in [-0.4, -0.2) is 0 Å². The summed E-state index contributed by atoms with van der Waals surface area (Å²) in [4.78, 5) is 0. The van der Waals surface area contributed by atoms with Gasteiger partial charge in [0.05, 0.1) is 28.6 Å². The highest BCUT2D eigenvalue weighted by Gasteiger charge is 2.05. The molecule has 0 unspecified atom stereocenters. The fraction of sp³-hybridized carbons (Fsp3) is 0. The number of benzene rings is 2. The third kappa shape index (κ3) is 2.62. The maximum Gasteiger partial charge on any atom is 0.147 e. The van der Waals surface area contributed by atoms with E-state index in [1.807, 2.05) is 12.1 Å². The molecule has 92 valence electrons. The number of nitrogens with zero attached hydrogens (tertiary/aromatic N) is 2. The highest BCUT2D eigenvalue weighted by Crippen LogP contribution is 2.23. The summed E-state index contributed by atoms with van der Waals surface area (Å²) >= 11 is 0. The van der Waals surface area contributed by atoms with Crippen molar-refractivity contribution in [2.24, 2.45) is 0 Å². The summed E-state index contributed by atoms with van der Waals surface area (Å²) in [7, 11) is 0. The second-order valence-corrected chi connectivity index (χ2v) is 3.85. The lowest BCUT2D eigenvalue weighted by Crippen LogP contribution is -1.97. The predicted molar refractivity (Wildman–Crippen MR) is 70.0 cm³/mol. The fourth-order valence-electron chi connectivity index (χ4n) is 1.58. The zero-order chi connectivity index (χ0) is 13.8. The standard InChI is InChI=1S/C14H9FN4/c15-12-5-9(7-16)1-4-14(12)19-11-3-2-10(8-17)13(18)6-11/h1-6,19H,18H2. The summed E-state index contributed by atoms with van der Waals surface area (Å²) in [6.45, 7) is 0. The van der Waals surface area contributed by atoms with Gasteiger partial charge in [-0.05, 0) is 36.4 Å². The molecule has 5 heteroatoms. The van der Waals surface area contributed by atoms with Crippen LogP contribution in [0.3, 0.4) is 0 Å². The van der Waals surface area contributed by atoms with Crippen molar-refractivity contribution in [1.29, 1.82) is 10.5 Å². The summed E-state index contributed by atoms with van der Waals surface area (Å²) in [6, 6.07) is 12.7. The average molecular weight is 252 g/mol. The Morgan fingerprint density at radius 2 is 1.84 bits per heavy atom. The molecule has 0 aliphatic heterocycles. The number of nitrogens with two attached hydrogens (primary N) is 1. The van der Waals surface area contributed by atoms with Gasteiger partial charge in [-0.3, -0.25) is 0 Å². The number of nitriles is 2. The van der Waals surface area contributed by atoms with Gasteiger partial charge in [0.1, 0.15) is 11.9 Å². The quantitative estimate of drug-likeness (QED) is 0.804. The maximum absolute atomic E-state index is 13.7. The Morgan fingerprint density at radius 3 is 2.42 bits per heavy atom. The van der Waals surface area contributed by atoms with Crippen molar-refractivity contribution in [3.05, 3.63) is 53.3 Å². The van der Waals surface area contributed by atoms with Crippen LogP contribution in [-0.2, 0) is 0 Å². The Labute approximate surface area is 109 Å². The van der Waals surface area contributed by atoms with E-state index in [-0.39, 0.29) is 11.3 Å². The third-order valence-corrected chi connectivity index (χ3v) is 2.55. The number of anilines is 3. The molecule has 2 aromatic rings. The van der Waals surface area contributed by atoms with Gasteiger partial charge in [-0.2, -0.15) is 10.5 Å². The minimum atomic E-state index is -0.526. The Morgan fingerprint density at radius 1 is 1.05 bits per heavy atom. The Hall–Kier alpha value is -3.05. The highest BCUT2D eigenvalue weighted by atomic mass is 19.1. The van der Waals surface area contributed by atoms with Crippen LogP contribution in [0.25, 0.3) is 0 Å². The van der Waals surface area contributed by atoms with E-state index in [9.17, 15) is 4.39 Å². The first-order valence-corrected chi connectivity index (χ1v) is 5.40. The topological polar surface area (TPSA) is 85.6 Å². The Kier molecular flexibility index (Phi) is 3.31. The molecule has 4 nitrogen and oxygen atoms in total. The van der Waals surface area contributed by atoms with Crippen molar-refractivity contribution in [2.45, 2.75) is 0 Å². The lowest BCUT2D eigenvalue weighted by atomic mass is 10.1. The summed E-state index contributed by atoms with van der Waals surface area (Å²) in [5.74, 6) is -0.526. The van der Waals surface area contributed by atoms with Crippen LogP contribution in [0.5, 0.6) is 0 Å². The Balaban J connectivity index is 2.30. The lowest BCUT2D eigenvalue weighted by molar-refractivity contribution is 0.631. The predicted octanol–water partition coefficient (Wildman–Crippen LogP) is 2.89. The SMILES string of the molecule is N#Cc1ccc(Nc2ccc(C#N)c(N)c2)c(F)c1. The summed E-state index contributed by atoms with van der Waals surface area (Å²) in [5.41, 5.74) is 7.42. The highest BCUT2D eigenvalue weighted by molar-refractivity contribution is 5.68. The molecule has 0 bridgehead atoms. The summed E-state index contributed by atoms with van der Waals surface area (Å²) in [6.07, 6.45) is 0. The zero-order valence-corrected chi connectivity index (χ0v) is 9.81. The molecule has 0 aliphatic carbocycles. The van der Waals surface area contributed by atoms with Crippen molar-refractivity contribution in [3.8, 4) is 12.1 Å². The van der Waals surface area contributed by atoms with Gasteiger partial charge in [0.2, 0.25) is 0 Å². The van der Waals surface area contributed by atoms with Crippen molar-refractivity contribution in [2.75, 3.05) is 11.1 Å². The molecule has 0 heterocycles. The molecule has 0 amide bonds. The minimum absolute atomic E-state index is 0.239. The first kappa shape index (κ1) is 12.4. The second kappa shape index (κ2) is 5.07. The normalized spacial score (nSPS) is 9.42. The van der Waals surface area contributed by atoms with Crippen LogP contribution in [0.2, 0.25) is 0 Å². The van der Waals surface area contributed by atoms with Crippen LogP contribution in [0.4, 0.5) is 21.5 Å². The monoisotopic (exact) mass is 252 g/mol. The third-order valence-electron chi connectivity index (χ3n) is 2.55. The van der Waals surface area contributed by atoms with Gasteiger partial charge >= 0.3 is 0 Å². The second-order valence-electron chi connectivity index (χ2n) is 3.85. The minimum Gasteiger partial charge on any atom is -0.398 e. The van der Waals surface area contributed by atoms with Gasteiger partial charge in [0.25, 0.3) is 0 Å². The van der Waals surface area contributed by atoms with E-state index in [1.54, 1.807) is 18.2 Å². The van der Waals surface area contributed by atoms with Gasteiger partial charge < -0.3 is 11.1 Å². The number of hydrogen-bond donors (Lipinski definition) is 2. The van der Waals surface area contributed by atoms with E-state index in [0.717, 1.165) is 6.07 Å². The Bertz CT molecular complexity index is 710. The maximum atomic E-state index is 13.7. The van der Waals surface area contributed by atoms with Crippen LogP contribution < -0.4 is 11.1 Å². The largest absolute Gasteiger partial charge is 0.398 e. The molecule has 0 spiro atoms. The molecule has 0 aromatic heterocycles. The van der Waals surface area contributed by atoms with Crippen LogP contribution in [0, 0.1) is 28.5 Å². The van der Waals surface area contributed by atoms with E-state index in [4.69, 9.17) is 16.3 Å². The number of rotatable bonds is 2. The molecule has 3 N–H and O–H groups in total. The lowest BCUT2D eigenvalue weighted by Gasteiger charge is -2.09. The smallest absolute Gasteiger partial charge is 0.147 e. The van der Waals surface area contributed by atoms with Crippen molar-refractivity contribution in [3.63, 3.8) is 0 Å². The number of nitrogens with one attached hydrogen (secondary N) is 1.